The summed E-state index contributed by atoms with van der Waals surface area (Å²) in [5.74, 6) is -0.963. The van der Waals surface area contributed by atoms with E-state index < -0.39 is 12.0 Å². The normalized spacial score (nSPS) is 19.2. The Hall–Kier alpha value is -1.26. The van der Waals surface area contributed by atoms with Gasteiger partial charge in [-0.25, -0.2) is 9.59 Å². The van der Waals surface area contributed by atoms with Gasteiger partial charge in [-0.05, 0) is 26.2 Å². The number of nitrogens with one attached hydrogen (secondary N) is 2. The zero-order valence-electron chi connectivity index (χ0n) is 11.3. The number of carboxylic acids is 1. The molecule has 0 aromatic rings. The quantitative estimate of drug-likeness (QED) is 0.682. The van der Waals surface area contributed by atoms with E-state index >= 15 is 0 Å². The Kier molecular flexibility index (Phi) is 5.44. The summed E-state index contributed by atoms with van der Waals surface area (Å²) in [4.78, 5) is 22.8. The summed E-state index contributed by atoms with van der Waals surface area (Å²) in [6.07, 6.45) is 6.37. The molecule has 3 N–H and O–H groups in total. The molecule has 5 nitrogen and oxygen atoms in total. The number of amides is 2. The Balaban J connectivity index is 2.43. The molecule has 104 valence electrons. The zero-order chi connectivity index (χ0) is 13.6. The van der Waals surface area contributed by atoms with Gasteiger partial charge in [-0.2, -0.15) is 0 Å². The van der Waals surface area contributed by atoms with Crippen LogP contribution in [0.15, 0.2) is 0 Å². The number of carboxylic acid groups (broad SMARTS) is 1. The van der Waals surface area contributed by atoms with Gasteiger partial charge in [0, 0.05) is 5.54 Å². The summed E-state index contributed by atoms with van der Waals surface area (Å²) in [7, 11) is 0. The Morgan fingerprint density at radius 3 is 2.44 bits per heavy atom. The van der Waals surface area contributed by atoms with E-state index in [9.17, 15) is 9.59 Å². The van der Waals surface area contributed by atoms with Crippen molar-refractivity contribution >= 4 is 12.0 Å². The van der Waals surface area contributed by atoms with E-state index in [1.54, 1.807) is 0 Å². The third-order valence-corrected chi connectivity index (χ3v) is 3.57. The van der Waals surface area contributed by atoms with Crippen LogP contribution in [-0.4, -0.2) is 28.7 Å². The Bertz CT molecular complexity index is 299. The molecule has 0 aromatic carbocycles. The van der Waals surface area contributed by atoms with Crippen LogP contribution in [0.25, 0.3) is 0 Å². The van der Waals surface area contributed by atoms with Gasteiger partial charge in [-0.15, -0.1) is 0 Å². The Morgan fingerprint density at radius 1 is 1.33 bits per heavy atom. The molecule has 0 aliphatic heterocycles. The third-order valence-electron chi connectivity index (χ3n) is 3.57. The SMILES string of the molecule is CCCC[C@H](NC(=O)NC1(C)CCCC1)C(=O)O. The van der Waals surface area contributed by atoms with Crippen LogP contribution in [0.3, 0.4) is 0 Å². The standard InChI is InChI=1S/C13H24N2O3/c1-3-4-7-10(11(16)17)14-12(18)15-13(2)8-5-6-9-13/h10H,3-9H2,1-2H3,(H,16,17)(H2,14,15,18)/t10-/m0/s1. The molecule has 5 heteroatoms. The number of aliphatic carboxylic acids is 1. The highest BCUT2D eigenvalue weighted by Crippen LogP contribution is 2.28. The summed E-state index contributed by atoms with van der Waals surface area (Å²) in [5, 5.41) is 14.5. The smallest absolute Gasteiger partial charge is 0.326 e. The average Bonchev–Trinajstić information content (AvgIpc) is 2.70. The lowest BCUT2D eigenvalue weighted by atomic mass is 10.0. The van der Waals surface area contributed by atoms with Gasteiger partial charge in [0.2, 0.25) is 0 Å². The van der Waals surface area contributed by atoms with Crippen molar-refractivity contribution in [3.63, 3.8) is 0 Å². The van der Waals surface area contributed by atoms with Crippen LogP contribution in [0, 0.1) is 0 Å². The van der Waals surface area contributed by atoms with Crippen LogP contribution in [0.5, 0.6) is 0 Å². The van der Waals surface area contributed by atoms with Gasteiger partial charge in [-0.3, -0.25) is 0 Å². The number of rotatable bonds is 6. The van der Waals surface area contributed by atoms with E-state index in [0.29, 0.717) is 6.42 Å². The van der Waals surface area contributed by atoms with Crippen molar-refractivity contribution in [3.05, 3.63) is 0 Å². The Labute approximate surface area is 108 Å². The van der Waals surface area contributed by atoms with Gasteiger partial charge in [0.1, 0.15) is 6.04 Å². The predicted molar refractivity (Wildman–Crippen MR) is 69.5 cm³/mol. The number of hydrogen-bond acceptors (Lipinski definition) is 2. The van der Waals surface area contributed by atoms with E-state index in [-0.39, 0.29) is 11.6 Å². The summed E-state index contributed by atoms with van der Waals surface area (Å²) < 4.78 is 0. The van der Waals surface area contributed by atoms with Crippen molar-refractivity contribution in [2.24, 2.45) is 0 Å². The van der Waals surface area contributed by atoms with Crippen LogP contribution < -0.4 is 10.6 Å². The van der Waals surface area contributed by atoms with Crippen LogP contribution in [0.1, 0.15) is 58.8 Å². The molecule has 0 saturated heterocycles. The summed E-state index contributed by atoms with van der Waals surface area (Å²) in [6, 6.07) is -1.14. The molecule has 0 bridgehead atoms. The molecule has 0 spiro atoms. The molecule has 1 saturated carbocycles. The van der Waals surface area contributed by atoms with E-state index in [0.717, 1.165) is 38.5 Å². The van der Waals surface area contributed by atoms with Gasteiger partial charge in [0.15, 0.2) is 0 Å². The first-order chi connectivity index (χ1) is 8.47. The second-order valence-corrected chi connectivity index (χ2v) is 5.40. The van der Waals surface area contributed by atoms with Crippen LogP contribution >= 0.6 is 0 Å². The van der Waals surface area contributed by atoms with Crippen molar-refractivity contribution in [1.82, 2.24) is 10.6 Å². The van der Waals surface area contributed by atoms with Gasteiger partial charge < -0.3 is 15.7 Å². The predicted octanol–water partition coefficient (Wildman–Crippen LogP) is 2.26. The fourth-order valence-electron chi connectivity index (χ4n) is 2.41. The van der Waals surface area contributed by atoms with Crippen molar-refractivity contribution in [2.45, 2.75) is 70.4 Å². The highest BCUT2D eigenvalue weighted by molar-refractivity contribution is 5.82. The number of carbonyl (C=O) groups is 2. The molecule has 1 aliphatic rings. The monoisotopic (exact) mass is 256 g/mol. The fraction of sp³-hybridized carbons (Fsp3) is 0.846. The molecule has 0 unspecified atom stereocenters. The Morgan fingerprint density at radius 2 is 1.94 bits per heavy atom. The largest absolute Gasteiger partial charge is 0.480 e. The van der Waals surface area contributed by atoms with Crippen molar-refractivity contribution in [2.75, 3.05) is 0 Å². The molecule has 0 heterocycles. The summed E-state index contributed by atoms with van der Waals surface area (Å²) >= 11 is 0. The van der Waals surface area contributed by atoms with E-state index in [4.69, 9.17) is 5.11 Å². The van der Waals surface area contributed by atoms with Gasteiger partial charge in [-0.1, -0.05) is 32.6 Å². The molecule has 1 rings (SSSR count). The molecule has 1 aliphatic carbocycles. The molecule has 18 heavy (non-hydrogen) atoms. The number of carbonyl (C=O) groups excluding carboxylic acids is 1. The maximum atomic E-state index is 11.8. The molecule has 1 fully saturated rings. The lowest BCUT2D eigenvalue weighted by Crippen LogP contribution is -2.52. The first kappa shape index (κ1) is 14.8. The second-order valence-electron chi connectivity index (χ2n) is 5.40. The van der Waals surface area contributed by atoms with E-state index in [2.05, 4.69) is 10.6 Å². The minimum Gasteiger partial charge on any atom is -0.480 e. The molecule has 0 radical (unpaired) electrons. The minimum absolute atomic E-state index is 0.169. The summed E-state index contributed by atoms with van der Waals surface area (Å²) in [6.45, 7) is 4.01. The first-order valence-electron chi connectivity index (χ1n) is 6.78. The lowest BCUT2D eigenvalue weighted by Gasteiger charge is -2.26. The van der Waals surface area contributed by atoms with Crippen LogP contribution in [0.2, 0.25) is 0 Å². The number of unbranched alkanes of at least 4 members (excludes halogenated alkanes) is 1. The third kappa shape index (κ3) is 4.55. The molecule has 1 atom stereocenters. The first-order valence-corrected chi connectivity index (χ1v) is 6.78. The van der Waals surface area contributed by atoms with E-state index in [1.165, 1.54) is 0 Å². The highest BCUT2D eigenvalue weighted by Gasteiger charge is 2.31. The van der Waals surface area contributed by atoms with Gasteiger partial charge in [0.05, 0.1) is 0 Å². The van der Waals surface area contributed by atoms with Crippen molar-refractivity contribution in [1.29, 1.82) is 0 Å². The zero-order valence-corrected chi connectivity index (χ0v) is 11.3. The van der Waals surface area contributed by atoms with Crippen molar-refractivity contribution < 1.29 is 14.7 Å². The van der Waals surface area contributed by atoms with Gasteiger partial charge in [0.25, 0.3) is 0 Å². The maximum absolute atomic E-state index is 11.8. The number of hydrogen-bond donors (Lipinski definition) is 3. The summed E-state index contributed by atoms with van der Waals surface area (Å²) in [5.41, 5.74) is -0.169. The molecular formula is C13H24N2O3. The second kappa shape index (κ2) is 6.61. The van der Waals surface area contributed by atoms with Gasteiger partial charge >= 0.3 is 12.0 Å². The molecule has 0 aromatic heterocycles. The topological polar surface area (TPSA) is 78.4 Å². The maximum Gasteiger partial charge on any atom is 0.326 e. The van der Waals surface area contributed by atoms with Crippen molar-refractivity contribution in [3.8, 4) is 0 Å². The highest BCUT2D eigenvalue weighted by atomic mass is 16.4. The van der Waals surface area contributed by atoms with Crippen LogP contribution in [-0.2, 0) is 4.79 Å². The minimum atomic E-state index is -0.963. The van der Waals surface area contributed by atoms with Crippen LogP contribution in [0.4, 0.5) is 4.79 Å². The molecular weight excluding hydrogens is 232 g/mol. The lowest BCUT2D eigenvalue weighted by molar-refractivity contribution is -0.139. The van der Waals surface area contributed by atoms with E-state index in [1.807, 2.05) is 13.8 Å². The average molecular weight is 256 g/mol. The number of urea groups is 1. The fourth-order valence-corrected chi connectivity index (χ4v) is 2.41. The molecule has 2 amide bonds.